The van der Waals surface area contributed by atoms with Crippen molar-refractivity contribution in [2.45, 2.75) is 13.3 Å². The minimum Gasteiger partial charge on any atom is -0.330 e. The summed E-state index contributed by atoms with van der Waals surface area (Å²) in [5.74, 6) is 1.32. The molecule has 0 spiro atoms. The van der Waals surface area contributed by atoms with Gasteiger partial charge in [-0.25, -0.2) is 5.53 Å². The fourth-order valence-corrected chi connectivity index (χ4v) is 0.828. The molecular weight excluding hydrogens is 130 g/mol. The Hall–Kier alpha value is -0.810. The van der Waals surface area contributed by atoms with Gasteiger partial charge in [-0.2, -0.15) is 0 Å². The molecule has 5 nitrogen and oxygen atoms in total. The van der Waals surface area contributed by atoms with Gasteiger partial charge in [-0.1, -0.05) is 6.92 Å². The zero-order chi connectivity index (χ0) is 7.40. The predicted octanol–water partition coefficient (Wildman–Crippen LogP) is -1.10. The lowest BCUT2D eigenvalue weighted by molar-refractivity contribution is 0.570. The maximum Gasteiger partial charge on any atom is 0.142 e. The molecule has 10 heavy (non-hydrogen) atoms. The van der Waals surface area contributed by atoms with Crippen LogP contribution in [0.4, 0.5) is 0 Å². The molecule has 0 aromatic heterocycles. The fraction of sp³-hybridized carbons (Fsp3) is 0.800. The number of rotatable bonds is 3. The Bertz CT molecular complexity index is 132. The molecule has 5 heteroatoms. The van der Waals surface area contributed by atoms with Crippen LogP contribution in [0.2, 0.25) is 0 Å². The first-order valence-electron chi connectivity index (χ1n) is 3.38. The number of nitrogens with zero attached hydrogens (tertiary/aromatic N) is 1. The number of amidine groups is 1. The first kappa shape index (κ1) is 7.30. The predicted molar refractivity (Wildman–Crippen MR) is 39.7 cm³/mol. The third kappa shape index (κ3) is 1.58. The van der Waals surface area contributed by atoms with E-state index in [1.807, 2.05) is 0 Å². The van der Waals surface area contributed by atoms with E-state index in [0.29, 0.717) is 12.5 Å². The maximum absolute atomic E-state index is 5.37. The molecule has 0 aromatic rings. The van der Waals surface area contributed by atoms with E-state index in [1.165, 1.54) is 0 Å². The van der Waals surface area contributed by atoms with Crippen LogP contribution in [0.5, 0.6) is 0 Å². The average molecular weight is 143 g/mol. The van der Waals surface area contributed by atoms with Crippen molar-refractivity contribution in [3.63, 3.8) is 0 Å². The zero-order valence-corrected chi connectivity index (χ0v) is 6.02. The van der Waals surface area contributed by atoms with Crippen LogP contribution in [0.3, 0.4) is 0 Å². The third-order valence-corrected chi connectivity index (χ3v) is 1.49. The van der Waals surface area contributed by atoms with Gasteiger partial charge in [-0.15, -0.1) is 10.6 Å². The second kappa shape index (κ2) is 3.38. The monoisotopic (exact) mass is 143 g/mol. The Morgan fingerprint density at radius 2 is 2.50 bits per heavy atom. The minimum absolute atomic E-state index is 0.396. The quantitative estimate of drug-likeness (QED) is 0.404. The van der Waals surface area contributed by atoms with E-state index in [0.717, 1.165) is 12.3 Å². The molecule has 1 rings (SSSR count). The van der Waals surface area contributed by atoms with Gasteiger partial charge in [0.25, 0.3) is 0 Å². The highest BCUT2D eigenvalue weighted by molar-refractivity contribution is 5.84. The zero-order valence-electron chi connectivity index (χ0n) is 6.02. The fourth-order valence-electron chi connectivity index (χ4n) is 0.828. The third-order valence-electron chi connectivity index (χ3n) is 1.49. The van der Waals surface area contributed by atoms with Gasteiger partial charge in [0.15, 0.2) is 0 Å². The van der Waals surface area contributed by atoms with Crippen LogP contribution >= 0.6 is 0 Å². The van der Waals surface area contributed by atoms with Crippen molar-refractivity contribution in [1.82, 2.24) is 16.5 Å². The molecule has 1 unspecified atom stereocenters. The summed E-state index contributed by atoms with van der Waals surface area (Å²) in [4.78, 5) is 0. The second-order valence-corrected chi connectivity index (χ2v) is 2.34. The SMILES string of the molecule is CC(CCN)C1=NNNN1. The van der Waals surface area contributed by atoms with Crippen molar-refractivity contribution in [1.29, 1.82) is 0 Å². The van der Waals surface area contributed by atoms with Gasteiger partial charge < -0.3 is 5.73 Å². The van der Waals surface area contributed by atoms with Crippen molar-refractivity contribution in [2.24, 2.45) is 16.8 Å². The van der Waals surface area contributed by atoms with Gasteiger partial charge in [0.2, 0.25) is 0 Å². The van der Waals surface area contributed by atoms with E-state index in [4.69, 9.17) is 5.73 Å². The van der Waals surface area contributed by atoms with Gasteiger partial charge in [0, 0.05) is 5.92 Å². The van der Waals surface area contributed by atoms with Crippen LogP contribution in [0.15, 0.2) is 5.10 Å². The Kier molecular flexibility index (Phi) is 2.47. The van der Waals surface area contributed by atoms with Gasteiger partial charge in [-0.05, 0) is 13.0 Å². The van der Waals surface area contributed by atoms with Crippen molar-refractivity contribution >= 4 is 5.84 Å². The molecule has 1 aliphatic heterocycles. The van der Waals surface area contributed by atoms with Gasteiger partial charge in [0.1, 0.15) is 5.84 Å². The lowest BCUT2D eigenvalue weighted by Crippen LogP contribution is -2.37. The largest absolute Gasteiger partial charge is 0.330 e. The van der Waals surface area contributed by atoms with E-state index in [1.54, 1.807) is 0 Å². The summed E-state index contributed by atoms with van der Waals surface area (Å²) in [6, 6.07) is 0. The molecule has 1 atom stereocenters. The van der Waals surface area contributed by atoms with Crippen LogP contribution in [0.25, 0.3) is 0 Å². The smallest absolute Gasteiger partial charge is 0.142 e. The van der Waals surface area contributed by atoms with Crippen LogP contribution in [0.1, 0.15) is 13.3 Å². The van der Waals surface area contributed by atoms with Crippen LogP contribution < -0.4 is 22.2 Å². The summed E-state index contributed by atoms with van der Waals surface area (Å²) in [5, 5.41) is 3.94. The molecule has 0 radical (unpaired) electrons. The highest BCUT2D eigenvalue weighted by Gasteiger charge is 2.11. The van der Waals surface area contributed by atoms with E-state index in [2.05, 4.69) is 28.5 Å². The standard InChI is InChI=1S/C5H13N5/c1-4(2-3-6)5-7-9-10-8-5/h4,9-10H,2-3,6H2,1H3,(H,7,8). The Balaban J connectivity index is 2.32. The van der Waals surface area contributed by atoms with Crippen molar-refractivity contribution in [3.05, 3.63) is 0 Å². The van der Waals surface area contributed by atoms with E-state index < -0.39 is 0 Å². The highest BCUT2D eigenvalue weighted by atomic mass is 15.8. The molecule has 0 aromatic carbocycles. The summed E-state index contributed by atoms with van der Waals surface area (Å²) in [7, 11) is 0. The molecule has 0 saturated carbocycles. The lowest BCUT2D eigenvalue weighted by atomic mass is 10.1. The molecule has 5 N–H and O–H groups in total. The summed E-state index contributed by atoms with van der Waals surface area (Å²) < 4.78 is 0. The topological polar surface area (TPSA) is 74.5 Å². The van der Waals surface area contributed by atoms with Crippen LogP contribution in [-0.4, -0.2) is 12.4 Å². The number of hydrogen-bond acceptors (Lipinski definition) is 5. The molecule has 58 valence electrons. The minimum atomic E-state index is 0.396. The summed E-state index contributed by atoms with van der Waals surface area (Å²) in [6.07, 6.45) is 0.954. The molecule has 0 aliphatic carbocycles. The highest BCUT2D eigenvalue weighted by Crippen LogP contribution is 2.01. The summed E-state index contributed by atoms with van der Waals surface area (Å²) >= 11 is 0. The molecule has 1 aliphatic rings. The molecule has 0 fully saturated rings. The second-order valence-electron chi connectivity index (χ2n) is 2.34. The van der Waals surface area contributed by atoms with E-state index >= 15 is 0 Å². The number of nitrogens with two attached hydrogens (primary N) is 1. The Morgan fingerprint density at radius 3 is 3.00 bits per heavy atom. The van der Waals surface area contributed by atoms with Crippen LogP contribution in [0, 0.1) is 5.92 Å². The van der Waals surface area contributed by atoms with Gasteiger partial charge in [-0.3, -0.25) is 5.43 Å². The van der Waals surface area contributed by atoms with Crippen molar-refractivity contribution < 1.29 is 0 Å². The maximum atomic E-state index is 5.37. The molecule has 0 saturated heterocycles. The molecular formula is C5H13N5. The molecule has 0 bridgehead atoms. The number of hydrazine groups is 2. The van der Waals surface area contributed by atoms with Crippen molar-refractivity contribution in [2.75, 3.05) is 6.54 Å². The number of hydrogen-bond donors (Lipinski definition) is 4. The summed E-state index contributed by atoms with van der Waals surface area (Å²) in [6.45, 7) is 2.77. The summed E-state index contributed by atoms with van der Waals surface area (Å²) in [5.41, 5.74) is 13.5. The molecule has 1 heterocycles. The normalized spacial score (nSPS) is 19.2. The van der Waals surface area contributed by atoms with Crippen molar-refractivity contribution in [3.8, 4) is 0 Å². The number of hydrazone groups is 1. The van der Waals surface area contributed by atoms with E-state index in [9.17, 15) is 0 Å². The average Bonchev–Trinajstić information content (AvgIpc) is 2.38. The first-order valence-corrected chi connectivity index (χ1v) is 3.38. The molecule has 0 amide bonds. The Labute approximate surface area is 60.0 Å². The first-order chi connectivity index (χ1) is 4.84. The number of nitrogens with one attached hydrogen (secondary N) is 3. The van der Waals surface area contributed by atoms with Crippen LogP contribution in [-0.2, 0) is 0 Å². The van der Waals surface area contributed by atoms with Gasteiger partial charge in [0.05, 0.1) is 0 Å². The van der Waals surface area contributed by atoms with E-state index in [-0.39, 0.29) is 0 Å². The van der Waals surface area contributed by atoms with Gasteiger partial charge >= 0.3 is 0 Å². The lowest BCUT2D eigenvalue weighted by Gasteiger charge is -2.07. The Morgan fingerprint density at radius 1 is 1.70 bits per heavy atom.